The highest BCUT2D eigenvalue weighted by Crippen LogP contribution is 2.18. The summed E-state index contributed by atoms with van der Waals surface area (Å²) in [7, 11) is 0. The normalized spacial score (nSPS) is 20.4. The molecule has 0 aromatic heterocycles. The topological polar surface area (TPSA) is 114 Å². The smallest absolute Gasteiger partial charge is 0.306 e. The Balaban J connectivity index is 2.02. The lowest BCUT2D eigenvalue weighted by molar-refractivity contribution is -0.145. The largest absolute Gasteiger partial charge is 0.463 e. The second kappa shape index (κ2) is 13.5. The summed E-state index contributed by atoms with van der Waals surface area (Å²) < 4.78 is 10.4. The van der Waals surface area contributed by atoms with E-state index in [0.29, 0.717) is 26.0 Å². The van der Waals surface area contributed by atoms with Crippen LogP contribution in [0.25, 0.3) is 0 Å². The number of ether oxygens (including phenoxy) is 2. The lowest BCUT2D eigenvalue weighted by Crippen LogP contribution is -2.39. The first-order valence-electron chi connectivity index (χ1n) is 10.2. The van der Waals surface area contributed by atoms with Crippen molar-refractivity contribution in [1.82, 2.24) is 10.6 Å². The van der Waals surface area contributed by atoms with E-state index in [9.17, 15) is 14.4 Å². The fourth-order valence-corrected chi connectivity index (χ4v) is 3.03. The molecule has 0 fully saturated rings. The maximum Gasteiger partial charge on any atom is 0.306 e. The van der Waals surface area contributed by atoms with Gasteiger partial charge in [0, 0.05) is 19.4 Å². The molecule has 1 aromatic carbocycles. The van der Waals surface area contributed by atoms with Crippen molar-refractivity contribution in [1.29, 1.82) is 0 Å². The standard InChI is InChI=1S/C22H30N2O6/c25-12-14-29-13-11-23-20(26)15-18-9-5-2-6-10-21(27)30-16-19(24-22(18)28)17-7-3-1-4-8-17/h1-5,7-8,18-19,25H,6,9-16H2,(H,23,26)(H,24,28). The molecule has 2 atom stereocenters. The fourth-order valence-electron chi connectivity index (χ4n) is 3.03. The third-order valence-electron chi connectivity index (χ3n) is 4.64. The Labute approximate surface area is 176 Å². The predicted octanol–water partition coefficient (Wildman–Crippen LogP) is 1.26. The molecule has 0 saturated heterocycles. The summed E-state index contributed by atoms with van der Waals surface area (Å²) in [5.74, 6) is -1.36. The number of hydrogen-bond donors (Lipinski definition) is 3. The molecular formula is C22H30N2O6. The summed E-state index contributed by atoms with van der Waals surface area (Å²) in [5, 5.41) is 14.3. The Bertz CT molecular complexity index is 707. The maximum atomic E-state index is 12.9. The van der Waals surface area contributed by atoms with Gasteiger partial charge in [0.1, 0.15) is 6.61 Å². The second-order valence-electron chi connectivity index (χ2n) is 6.99. The van der Waals surface area contributed by atoms with Crippen molar-refractivity contribution in [3.05, 3.63) is 48.0 Å². The summed E-state index contributed by atoms with van der Waals surface area (Å²) in [6.07, 6.45) is 4.89. The van der Waals surface area contributed by atoms with Gasteiger partial charge in [-0.05, 0) is 18.4 Å². The number of hydrogen-bond acceptors (Lipinski definition) is 6. The number of amides is 2. The van der Waals surface area contributed by atoms with Gasteiger partial charge in [-0.3, -0.25) is 14.4 Å². The molecule has 30 heavy (non-hydrogen) atoms. The Kier molecular flexibility index (Phi) is 10.6. The molecule has 1 aromatic rings. The quantitative estimate of drug-likeness (QED) is 0.333. The van der Waals surface area contributed by atoms with Crippen molar-refractivity contribution < 1.29 is 29.0 Å². The van der Waals surface area contributed by atoms with E-state index in [2.05, 4.69) is 10.6 Å². The summed E-state index contributed by atoms with van der Waals surface area (Å²) in [6.45, 7) is 0.799. The van der Waals surface area contributed by atoms with Crippen LogP contribution in [0.1, 0.15) is 37.3 Å². The Morgan fingerprint density at radius 3 is 2.77 bits per heavy atom. The molecule has 2 unspecified atom stereocenters. The van der Waals surface area contributed by atoms with Crippen molar-refractivity contribution in [2.75, 3.05) is 33.0 Å². The number of carbonyl (C=O) groups excluding carboxylic acids is 3. The van der Waals surface area contributed by atoms with Crippen LogP contribution >= 0.6 is 0 Å². The minimum absolute atomic E-state index is 0.0392. The summed E-state index contributed by atoms with van der Waals surface area (Å²) in [4.78, 5) is 37.1. The van der Waals surface area contributed by atoms with E-state index in [4.69, 9.17) is 14.6 Å². The zero-order valence-corrected chi connectivity index (χ0v) is 17.0. The Hall–Kier alpha value is -2.71. The van der Waals surface area contributed by atoms with Crippen LogP contribution in [0.5, 0.6) is 0 Å². The monoisotopic (exact) mass is 418 g/mol. The minimum Gasteiger partial charge on any atom is -0.463 e. The summed E-state index contributed by atoms with van der Waals surface area (Å²) in [5.41, 5.74) is 0.829. The van der Waals surface area contributed by atoms with E-state index in [-0.39, 0.29) is 50.4 Å². The molecular weight excluding hydrogens is 388 g/mol. The molecule has 8 nitrogen and oxygen atoms in total. The molecule has 1 aliphatic heterocycles. The third-order valence-corrected chi connectivity index (χ3v) is 4.64. The highest BCUT2D eigenvalue weighted by molar-refractivity contribution is 5.86. The van der Waals surface area contributed by atoms with Gasteiger partial charge in [-0.15, -0.1) is 0 Å². The molecule has 0 saturated carbocycles. The molecule has 2 rings (SSSR count). The average molecular weight is 418 g/mol. The van der Waals surface area contributed by atoms with Crippen molar-refractivity contribution in [2.24, 2.45) is 5.92 Å². The molecule has 0 spiro atoms. The average Bonchev–Trinajstić information content (AvgIpc) is 2.75. The highest BCUT2D eigenvalue weighted by Gasteiger charge is 2.25. The highest BCUT2D eigenvalue weighted by atomic mass is 16.5. The molecule has 8 heteroatoms. The maximum absolute atomic E-state index is 12.9. The first kappa shape index (κ1) is 23.6. The number of nitrogens with one attached hydrogen (secondary N) is 2. The van der Waals surface area contributed by atoms with Crippen molar-refractivity contribution >= 4 is 17.8 Å². The lowest BCUT2D eigenvalue weighted by Gasteiger charge is -2.23. The molecule has 0 radical (unpaired) electrons. The molecule has 1 aliphatic rings. The van der Waals surface area contributed by atoms with E-state index >= 15 is 0 Å². The SMILES string of the molecule is O=C(CC1CC=CCCC(=O)OCC(c2ccccc2)NC1=O)NCCOCCO. The van der Waals surface area contributed by atoms with Gasteiger partial charge in [-0.1, -0.05) is 42.5 Å². The van der Waals surface area contributed by atoms with Gasteiger partial charge in [0.15, 0.2) is 0 Å². The van der Waals surface area contributed by atoms with E-state index in [0.717, 1.165) is 5.56 Å². The molecule has 1 heterocycles. The number of aliphatic hydroxyl groups is 1. The van der Waals surface area contributed by atoms with E-state index in [1.807, 2.05) is 42.5 Å². The molecule has 2 amide bonds. The number of aliphatic hydroxyl groups excluding tert-OH is 1. The van der Waals surface area contributed by atoms with E-state index in [1.165, 1.54) is 0 Å². The van der Waals surface area contributed by atoms with Crippen LogP contribution in [-0.2, 0) is 23.9 Å². The molecule has 0 aliphatic carbocycles. The van der Waals surface area contributed by atoms with Crippen molar-refractivity contribution in [3.63, 3.8) is 0 Å². The van der Waals surface area contributed by atoms with Gasteiger partial charge in [0.25, 0.3) is 0 Å². The van der Waals surface area contributed by atoms with Gasteiger partial charge in [0.2, 0.25) is 11.8 Å². The van der Waals surface area contributed by atoms with Crippen LogP contribution in [0.4, 0.5) is 0 Å². The van der Waals surface area contributed by atoms with Crippen LogP contribution in [-0.4, -0.2) is 55.9 Å². The van der Waals surface area contributed by atoms with Crippen LogP contribution in [0.3, 0.4) is 0 Å². The molecule has 0 bridgehead atoms. The van der Waals surface area contributed by atoms with Gasteiger partial charge < -0.3 is 25.2 Å². The Morgan fingerprint density at radius 2 is 2.00 bits per heavy atom. The van der Waals surface area contributed by atoms with Crippen molar-refractivity contribution in [2.45, 2.75) is 31.7 Å². The summed E-state index contributed by atoms with van der Waals surface area (Å²) >= 11 is 0. The zero-order valence-electron chi connectivity index (χ0n) is 17.0. The van der Waals surface area contributed by atoms with Crippen LogP contribution in [0, 0.1) is 5.92 Å². The van der Waals surface area contributed by atoms with Crippen molar-refractivity contribution in [3.8, 4) is 0 Å². The third kappa shape index (κ3) is 8.75. The van der Waals surface area contributed by atoms with Crippen LogP contribution in [0.2, 0.25) is 0 Å². The van der Waals surface area contributed by atoms with Gasteiger partial charge in [-0.25, -0.2) is 0 Å². The number of benzene rings is 1. The van der Waals surface area contributed by atoms with E-state index in [1.54, 1.807) is 0 Å². The number of allylic oxidation sites excluding steroid dienone is 2. The van der Waals surface area contributed by atoms with Gasteiger partial charge in [-0.2, -0.15) is 0 Å². The zero-order chi connectivity index (χ0) is 21.6. The second-order valence-corrected chi connectivity index (χ2v) is 6.99. The first-order valence-corrected chi connectivity index (χ1v) is 10.2. The fraction of sp³-hybridized carbons (Fsp3) is 0.500. The minimum atomic E-state index is -0.541. The van der Waals surface area contributed by atoms with E-state index < -0.39 is 12.0 Å². The molecule has 3 N–H and O–H groups in total. The molecule has 164 valence electrons. The predicted molar refractivity (Wildman–Crippen MR) is 110 cm³/mol. The number of rotatable bonds is 8. The number of cyclic esters (lactones) is 1. The lowest BCUT2D eigenvalue weighted by atomic mass is 9.97. The van der Waals surface area contributed by atoms with Gasteiger partial charge in [0.05, 0.1) is 31.8 Å². The van der Waals surface area contributed by atoms with Crippen LogP contribution < -0.4 is 10.6 Å². The first-order chi connectivity index (χ1) is 14.6. The summed E-state index contributed by atoms with van der Waals surface area (Å²) in [6, 6.07) is 8.81. The number of esters is 1. The Morgan fingerprint density at radius 1 is 1.20 bits per heavy atom. The van der Waals surface area contributed by atoms with Crippen LogP contribution in [0.15, 0.2) is 42.5 Å². The van der Waals surface area contributed by atoms with Gasteiger partial charge >= 0.3 is 5.97 Å². The number of carbonyl (C=O) groups is 3.